The van der Waals surface area contributed by atoms with Crippen LogP contribution >= 0.6 is 0 Å². The first-order valence-corrected chi connectivity index (χ1v) is 22.5. The first-order chi connectivity index (χ1) is 29.4. The Balaban J connectivity index is 0.000000294. The number of hydrogen-bond acceptors (Lipinski definition) is 9. The Kier molecular flexibility index (Phi) is 17.3. The molecule has 4 aliphatic rings. The van der Waals surface area contributed by atoms with Gasteiger partial charge in [-0.05, 0) is 103 Å². The number of nitrogens with zero attached hydrogens (tertiary/aromatic N) is 2. The van der Waals surface area contributed by atoms with E-state index >= 15 is 0 Å². The number of piperidine rings is 1. The van der Waals surface area contributed by atoms with Crippen LogP contribution < -0.4 is 5.32 Å². The van der Waals surface area contributed by atoms with Gasteiger partial charge in [0.25, 0.3) is 0 Å². The van der Waals surface area contributed by atoms with E-state index in [0.717, 1.165) is 48.8 Å². The molecule has 2 aromatic rings. The van der Waals surface area contributed by atoms with Gasteiger partial charge in [-0.15, -0.1) is 0 Å². The highest BCUT2D eigenvalue weighted by Gasteiger charge is 2.72. The molecule has 64 heavy (non-hydrogen) atoms. The number of ether oxygens (including phenoxy) is 5. The van der Waals surface area contributed by atoms with Crippen molar-refractivity contribution in [2.24, 2.45) is 22.7 Å². The van der Waals surface area contributed by atoms with Crippen molar-refractivity contribution < 1.29 is 48.0 Å². The monoisotopic (exact) mass is 892 g/mol. The Morgan fingerprint density at radius 1 is 0.844 bits per heavy atom. The number of fused-ring (bicyclic) bond motifs is 1. The molecule has 2 aliphatic carbocycles. The maximum atomic E-state index is 14.0. The van der Waals surface area contributed by atoms with Crippen LogP contribution in [-0.2, 0) is 46.5 Å². The summed E-state index contributed by atoms with van der Waals surface area (Å²) >= 11 is 0. The molecule has 6 rings (SSSR count). The van der Waals surface area contributed by atoms with Crippen molar-refractivity contribution in [3.8, 4) is 0 Å². The minimum Gasteiger partial charge on any atom is -0.480 e. The minimum absolute atomic E-state index is 0. The Morgan fingerprint density at radius 2 is 1.39 bits per heavy atom. The number of carboxylic acids is 1. The second-order valence-electron chi connectivity index (χ2n) is 20.9. The molecule has 0 radical (unpaired) electrons. The molecule has 2 heterocycles. The number of alkyl carbamates (subject to hydrolysis) is 1. The average molecular weight is 892 g/mol. The van der Waals surface area contributed by atoms with Gasteiger partial charge in [0.15, 0.2) is 0 Å². The predicted molar refractivity (Wildman–Crippen MR) is 247 cm³/mol. The zero-order valence-corrected chi connectivity index (χ0v) is 39.5. The predicted octanol–water partition coefficient (Wildman–Crippen LogP) is 9.77. The van der Waals surface area contributed by atoms with E-state index < -0.39 is 46.5 Å². The average Bonchev–Trinajstić information content (AvgIpc) is 3.43. The number of amides is 3. The molecule has 3 amide bonds. The lowest BCUT2D eigenvalue weighted by atomic mass is 9.70. The van der Waals surface area contributed by atoms with Crippen LogP contribution in [0.4, 0.5) is 9.59 Å². The van der Waals surface area contributed by atoms with Gasteiger partial charge in [-0.1, -0.05) is 107 Å². The molecule has 13 nitrogen and oxygen atoms in total. The van der Waals surface area contributed by atoms with E-state index in [1.165, 1.54) is 4.90 Å². The molecule has 13 heteroatoms. The second kappa shape index (κ2) is 21.2. The lowest BCUT2D eigenvalue weighted by Crippen LogP contribution is -2.60. The van der Waals surface area contributed by atoms with Crippen LogP contribution in [-0.4, -0.2) is 100 Å². The first-order valence-electron chi connectivity index (χ1n) is 22.5. The molecule has 2 saturated heterocycles. The van der Waals surface area contributed by atoms with Crippen molar-refractivity contribution in [2.75, 3.05) is 26.4 Å². The number of hydrogen-bond donors (Lipinski definition) is 2. The zero-order chi connectivity index (χ0) is 46.4. The molecule has 6 atom stereocenters. The molecular formula is C51H77N3O10. The third-order valence-electron chi connectivity index (χ3n) is 12.7. The zero-order valence-electron chi connectivity index (χ0n) is 39.5. The van der Waals surface area contributed by atoms with Crippen LogP contribution in [0.15, 0.2) is 72.3 Å². The minimum atomic E-state index is -1.00. The standard InChI is InChI=1S/C29H42N2O6.C21H31NO4.CH4/c1-27(2,3)37-26(35)30-23(28(4)14-10-7-11-15-28)24(32)31-16-20-21(22(31)25(33)34)29(20,5)18-36-17-19-12-8-6-9-13-19;1-16(13-24-14-17-10-8-7-9-11-17)12-18-15-25-21(5,6)22(18)19(23)26-20(2,3)4;/h6,8-9,12-13,20-23H,7,10-11,14-18H2,1-5H3,(H,30,35)(H,33,34);7-12,18H,13-15H2,1-6H3;1H4/b;16-12+;/t20-,21-,22-,23+,29+;18-;/m00./s1. The number of nitrogens with one attached hydrogen (secondary N) is 1. The molecule has 2 aromatic carbocycles. The van der Waals surface area contributed by atoms with Crippen molar-refractivity contribution >= 4 is 24.1 Å². The SMILES string of the molecule is C.C/C(=C\[C@H]1COC(C)(C)N1C(=O)OC(C)(C)C)COCc1ccccc1.CC(C)(C)OC(=O)N[C@H](C(=O)N1C[C@H]2[C@@H]([C@H]1C(=O)O)[C@]2(C)COCc1ccccc1)C1(C)CCCCC1. The van der Waals surface area contributed by atoms with Crippen molar-refractivity contribution in [2.45, 2.75) is 164 Å². The molecule has 2 N–H and O–H groups in total. The van der Waals surface area contributed by atoms with Crippen molar-refractivity contribution in [1.82, 2.24) is 15.1 Å². The first kappa shape index (κ1) is 52.2. The quantitative estimate of drug-likeness (QED) is 0.186. The third-order valence-corrected chi connectivity index (χ3v) is 12.7. The van der Waals surface area contributed by atoms with Gasteiger partial charge < -0.3 is 39.0 Å². The van der Waals surface area contributed by atoms with Crippen LogP contribution in [0.5, 0.6) is 0 Å². The van der Waals surface area contributed by atoms with Crippen molar-refractivity contribution in [3.05, 3.63) is 83.4 Å². The lowest BCUT2D eigenvalue weighted by Gasteiger charge is -2.43. The van der Waals surface area contributed by atoms with E-state index in [4.69, 9.17) is 23.7 Å². The molecule has 2 aliphatic heterocycles. The van der Waals surface area contributed by atoms with Crippen LogP contribution in [0.25, 0.3) is 0 Å². The normalized spacial score (nSPS) is 25.1. The molecule has 2 saturated carbocycles. The van der Waals surface area contributed by atoms with Crippen LogP contribution in [0.1, 0.15) is 127 Å². The van der Waals surface area contributed by atoms with E-state index in [1.54, 1.807) is 25.7 Å². The molecule has 0 aromatic heterocycles. The summed E-state index contributed by atoms with van der Waals surface area (Å²) in [6, 6.07) is 18.0. The maximum Gasteiger partial charge on any atom is 0.413 e. The highest BCUT2D eigenvalue weighted by molar-refractivity contribution is 5.91. The van der Waals surface area contributed by atoms with E-state index in [9.17, 15) is 24.3 Å². The van der Waals surface area contributed by atoms with Gasteiger partial charge in [0.2, 0.25) is 5.91 Å². The van der Waals surface area contributed by atoms with Gasteiger partial charge in [0.05, 0.1) is 39.1 Å². The molecule has 356 valence electrons. The topological polar surface area (TPSA) is 153 Å². The highest BCUT2D eigenvalue weighted by Crippen LogP contribution is 2.65. The smallest absolute Gasteiger partial charge is 0.413 e. The fourth-order valence-corrected chi connectivity index (χ4v) is 9.48. The van der Waals surface area contributed by atoms with Gasteiger partial charge in [0, 0.05) is 17.9 Å². The summed E-state index contributed by atoms with van der Waals surface area (Å²) in [5.41, 5.74) is 0.571. The largest absolute Gasteiger partial charge is 0.480 e. The van der Waals surface area contributed by atoms with Crippen LogP contribution in [0.3, 0.4) is 0 Å². The number of likely N-dealkylation sites (tertiary alicyclic amines) is 1. The molecule has 0 unspecified atom stereocenters. The van der Waals surface area contributed by atoms with Crippen molar-refractivity contribution in [1.29, 1.82) is 0 Å². The lowest BCUT2D eigenvalue weighted by molar-refractivity contribution is -0.153. The Morgan fingerprint density at radius 3 is 1.92 bits per heavy atom. The van der Waals surface area contributed by atoms with E-state index in [-0.39, 0.29) is 42.7 Å². The summed E-state index contributed by atoms with van der Waals surface area (Å²) in [5.74, 6) is -1.44. The van der Waals surface area contributed by atoms with Crippen molar-refractivity contribution in [3.63, 3.8) is 0 Å². The molecular weight excluding hydrogens is 815 g/mol. The van der Waals surface area contributed by atoms with Gasteiger partial charge in [0.1, 0.15) is 29.0 Å². The van der Waals surface area contributed by atoms with E-state index in [0.29, 0.717) is 39.6 Å². The second-order valence-corrected chi connectivity index (χ2v) is 20.9. The molecule has 4 fully saturated rings. The molecule has 0 bridgehead atoms. The van der Waals surface area contributed by atoms with E-state index in [2.05, 4.69) is 12.2 Å². The van der Waals surface area contributed by atoms with Gasteiger partial charge in [-0.3, -0.25) is 9.69 Å². The van der Waals surface area contributed by atoms with Gasteiger partial charge in [-0.2, -0.15) is 0 Å². The summed E-state index contributed by atoms with van der Waals surface area (Å²) in [7, 11) is 0. The molecule has 0 spiro atoms. The highest BCUT2D eigenvalue weighted by atomic mass is 16.6. The Labute approximate surface area is 382 Å². The summed E-state index contributed by atoms with van der Waals surface area (Å²) < 4.78 is 28.6. The Hall–Kier alpha value is -4.46. The number of carboxylic acid groups (broad SMARTS) is 1. The number of rotatable bonds is 13. The van der Waals surface area contributed by atoms with Crippen LogP contribution in [0.2, 0.25) is 0 Å². The third kappa shape index (κ3) is 13.5. The maximum absolute atomic E-state index is 14.0. The summed E-state index contributed by atoms with van der Waals surface area (Å²) in [6.07, 6.45) is 5.65. The number of carbonyl (C=O) groups is 4. The summed E-state index contributed by atoms with van der Waals surface area (Å²) in [6.45, 7) is 23.6. The summed E-state index contributed by atoms with van der Waals surface area (Å²) in [4.78, 5) is 55.0. The fraction of sp³-hybridized carbons (Fsp3) is 0.647. The number of carbonyl (C=O) groups excluding carboxylic acids is 3. The van der Waals surface area contributed by atoms with E-state index in [1.807, 2.05) is 115 Å². The number of aliphatic carboxylic acids is 1. The van der Waals surface area contributed by atoms with Crippen LogP contribution in [0, 0.1) is 22.7 Å². The Bertz CT molecular complexity index is 1900. The summed E-state index contributed by atoms with van der Waals surface area (Å²) in [5, 5.41) is 13.1. The van der Waals surface area contributed by atoms with Gasteiger partial charge >= 0.3 is 18.2 Å². The van der Waals surface area contributed by atoms with Gasteiger partial charge in [-0.25, -0.2) is 14.4 Å². The fourth-order valence-electron chi connectivity index (χ4n) is 9.48. The number of benzene rings is 2.